The quantitative estimate of drug-likeness (QED) is 0.755. The number of carbonyl (C=O) groups is 1. The Morgan fingerprint density at radius 2 is 1.66 bits per heavy atom. The molecule has 29 heavy (non-hydrogen) atoms. The van der Waals surface area contributed by atoms with Crippen molar-refractivity contribution in [3.8, 4) is 6.07 Å². The zero-order valence-electron chi connectivity index (χ0n) is 16.3. The normalized spacial score (nSPS) is 20.0. The Bertz CT molecular complexity index is 870. The van der Waals surface area contributed by atoms with Crippen molar-refractivity contribution in [2.24, 2.45) is 0 Å². The highest BCUT2D eigenvalue weighted by Gasteiger charge is 2.32. The van der Waals surface area contributed by atoms with Crippen LogP contribution in [0.15, 0.2) is 18.2 Å². The molecule has 0 saturated carbocycles. The van der Waals surface area contributed by atoms with E-state index in [-0.39, 0.29) is 17.5 Å². The highest BCUT2D eigenvalue weighted by molar-refractivity contribution is 7.86. The van der Waals surface area contributed by atoms with Gasteiger partial charge in [-0.15, -0.1) is 0 Å². The maximum absolute atomic E-state index is 12.9. The molecule has 0 radical (unpaired) electrons. The summed E-state index contributed by atoms with van der Waals surface area (Å²) in [7, 11) is -3.42. The number of carbonyl (C=O) groups excluding carboxylic acids is 1. The highest BCUT2D eigenvalue weighted by Crippen LogP contribution is 2.21. The average Bonchev–Trinajstić information content (AvgIpc) is 2.98. The van der Waals surface area contributed by atoms with Gasteiger partial charge in [0.1, 0.15) is 6.07 Å². The number of halogens is 1. The Hall–Kier alpha value is -1.70. The lowest BCUT2D eigenvalue weighted by Gasteiger charge is -2.36. The van der Waals surface area contributed by atoms with Crippen molar-refractivity contribution >= 4 is 33.4 Å². The molecular formula is C19H26ClN5O3S. The summed E-state index contributed by atoms with van der Waals surface area (Å²) < 4.78 is 28.9. The number of amides is 1. The Kier molecular flexibility index (Phi) is 7.49. The van der Waals surface area contributed by atoms with Gasteiger partial charge in [0.05, 0.1) is 17.1 Å². The molecule has 2 fully saturated rings. The Morgan fingerprint density at radius 1 is 1.03 bits per heavy atom. The van der Waals surface area contributed by atoms with Crippen molar-refractivity contribution in [2.75, 3.05) is 51.1 Å². The average molecular weight is 440 g/mol. The second-order valence-electron chi connectivity index (χ2n) is 7.35. The van der Waals surface area contributed by atoms with Crippen LogP contribution in [0.25, 0.3) is 0 Å². The predicted octanol–water partition coefficient (Wildman–Crippen LogP) is 1.89. The third-order valence-corrected chi connectivity index (χ3v) is 7.64. The number of hydrogen-bond donors (Lipinski definition) is 1. The van der Waals surface area contributed by atoms with Crippen LogP contribution in [0.4, 0.5) is 5.69 Å². The van der Waals surface area contributed by atoms with Gasteiger partial charge < -0.3 is 5.32 Å². The SMILES string of the molecule is N#Cc1ccc(NC(=O)CN2CCN(S(=O)(=O)N3CCCCCC3)CC2)cc1Cl. The number of nitrogens with zero attached hydrogens (tertiary/aromatic N) is 4. The van der Waals surface area contributed by atoms with Crippen molar-refractivity contribution in [3.63, 3.8) is 0 Å². The molecule has 0 atom stereocenters. The van der Waals surface area contributed by atoms with Gasteiger partial charge in [-0.25, -0.2) is 0 Å². The molecule has 0 aliphatic carbocycles. The zero-order chi connectivity index (χ0) is 20.9. The standard InChI is InChI=1S/C19H26ClN5O3S/c20-18-13-17(6-5-16(18)14-21)22-19(26)15-23-9-11-25(12-10-23)29(27,28)24-7-3-1-2-4-8-24/h5-6,13H,1-4,7-12,15H2,(H,22,26). The molecule has 2 heterocycles. The van der Waals surface area contributed by atoms with Crippen molar-refractivity contribution < 1.29 is 13.2 Å². The van der Waals surface area contributed by atoms with Crippen LogP contribution in [-0.2, 0) is 15.0 Å². The number of hydrogen-bond acceptors (Lipinski definition) is 5. The van der Waals surface area contributed by atoms with E-state index in [0.717, 1.165) is 25.7 Å². The summed E-state index contributed by atoms with van der Waals surface area (Å²) in [6.45, 7) is 3.15. The molecule has 1 aromatic carbocycles. The molecule has 8 nitrogen and oxygen atoms in total. The summed E-state index contributed by atoms with van der Waals surface area (Å²) in [5.41, 5.74) is 0.882. The van der Waals surface area contributed by atoms with Gasteiger partial charge in [0.15, 0.2) is 0 Å². The lowest BCUT2D eigenvalue weighted by Crippen LogP contribution is -2.54. The van der Waals surface area contributed by atoms with Crippen molar-refractivity contribution in [1.29, 1.82) is 5.26 Å². The van der Waals surface area contributed by atoms with E-state index in [0.29, 0.717) is 50.5 Å². The van der Waals surface area contributed by atoms with Gasteiger partial charge in [0, 0.05) is 45.0 Å². The lowest BCUT2D eigenvalue weighted by atomic mass is 10.2. The molecular weight excluding hydrogens is 414 g/mol. The molecule has 2 saturated heterocycles. The molecule has 0 aromatic heterocycles. The molecule has 158 valence electrons. The van der Waals surface area contributed by atoms with Crippen LogP contribution in [-0.4, -0.2) is 73.6 Å². The van der Waals surface area contributed by atoms with Crippen LogP contribution < -0.4 is 5.32 Å². The zero-order valence-corrected chi connectivity index (χ0v) is 17.9. The van der Waals surface area contributed by atoms with E-state index >= 15 is 0 Å². The van der Waals surface area contributed by atoms with Gasteiger partial charge in [-0.1, -0.05) is 24.4 Å². The van der Waals surface area contributed by atoms with Gasteiger partial charge in [-0.2, -0.15) is 22.3 Å². The molecule has 0 spiro atoms. The highest BCUT2D eigenvalue weighted by atomic mass is 35.5. The molecule has 1 aromatic rings. The molecule has 1 N–H and O–H groups in total. The first-order chi connectivity index (χ1) is 13.9. The van der Waals surface area contributed by atoms with Gasteiger partial charge in [-0.3, -0.25) is 9.69 Å². The molecule has 0 bridgehead atoms. The Morgan fingerprint density at radius 3 is 2.24 bits per heavy atom. The molecule has 3 rings (SSSR count). The van der Waals surface area contributed by atoms with Crippen LogP contribution in [0.5, 0.6) is 0 Å². The van der Waals surface area contributed by atoms with Crippen LogP contribution >= 0.6 is 11.6 Å². The second-order valence-corrected chi connectivity index (χ2v) is 9.69. The fourth-order valence-electron chi connectivity index (χ4n) is 3.64. The minimum absolute atomic E-state index is 0.176. The van der Waals surface area contributed by atoms with E-state index < -0.39 is 10.2 Å². The number of piperazine rings is 1. The van der Waals surface area contributed by atoms with Crippen molar-refractivity contribution in [3.05, 3.63) is 28.8 Å². The second kappa shape index (κ2) is 9.87. The number of nitriles is 1. The summed E-state index contributed by atoms with van der Waals surface area (Å²) in [6, 6.07) is 6.71. The number of nitrogens with one attached hydrogen (secondary N) is 1. The van der Waals surface area contributed by atoms with Gasteiger partial charge in [0.25, 0.3) is 10.2 Å². The summed E-state index contributed by atoms with van der Waals surface area (Å²) in [6.07, 6.45) is 4.00. The van der Waals surface area contributed by atoms with E-state index in [1.54, 1.807) is 22.5 Å². The first kappa shape index (κ1) is 22.0. The van der Waals surface area contributed by atoms with Crippen LogP contribution in [0, 0.1) is 11.3 Å². The fourth-order valence-corrected chi connectivity index (χ4v) is 5.53. The monoisotopic (exact) mass is 439 g/mol. The third kappa shape index (κ3) is 5.68. The molecule has 2 aliphatic rings. The van der Waals surface area contributed by atoms with E-state index in [9.17, 15) is 13.2 Å². The van der Waals surface area contributed by atoms with Gasteiger partial charge in [0.2, 0.25) is 5.91 Å². The number of benzene rings is 1. The smallest absolute Gasteiger partial charge is 0.282 e. The predicted molar refractivity (Wildman–Crippen MR) is 112 cm³/mol. The van der Waals surface area contributed by atoms with E-state index in [4.69, 9.17) is 16.9 Å². The topological polar surface area (TPSA) is 96.7 Å². The minimum Gasteiger partial charge on any atom is -0.325 e. The summed E-state index contributed by atoms with van der Waals surface area (Å²) in [5.74, 6) is -0.199. The summed E-state index contributed by atoms with van der Waals surface area (Å²) in [5, 5.41) is 12.0. The van der Waals surface area contributed by atoms with Crippen molar-refractivity contribution in [1.82, 2.24) is 13.5 Å². The maximum Gasteiger partial charge on any atom is 0.282 e. The van der Waals surface area contributed by atoms with E-state index in [1.165, 1.54) is 4.31 Å². The fraction of sp³-hybridized carbons (Fsp3) is 0.579. The van der Waals surface area contributed by atoms with E-state index in [1.807, 2.05) is 11.0 Å². The molecule has 2 aliphatic heterocycles. The minimum atomic E-state index is -3.42. The summed E-state index contributed by atoms with van der Waals surface area (Å²) >= 11 is 5.99. The van der Waals surface area contributed by atoms with E-state index in [2.05, 4.69) is 5.32 Å². The van der Waals surface area contributed by atoms with Crippen molar-refractivity contribution in [2.45, 2.75) is 25.7 Å². The molecule has 1 amide bonds. The molecule has 0 unspecified atom stereocenters. The maximum atomic E-state index is 12.9. The largest absolute Gasteiger partial charge is 0.325 e. The summed E-state index contributed by atoms with van der Waals surface area (Å²) in [4.78, 5) is 14.2. The Balaban J connectivity index is 1.49. The van der Waals surface area contributed by atoms with Crippen LogP contribution in [0.3, 0.4) is 0 Å². The Labute approximate surface area is 177 Å². The number of anilines is 1. The first-order valence-corrected chi connectivity index (χ1v) is 11.6. The first-order valence-electron chi connectivity index (χ1n) is 9.87. The van der Waals surface area contributed by atoms with Gasteiger partial charge in [-0.05, 0) is 31.0 Å². The lowest BCUT2D eigenvalue weighted by molar-refractivity contribution is -0.117. The number of rotatable bonds is 5. The van der Waals surface area contributed by atoms with Gasteiger partial charge >= 0.3 is 0 Å². The third-order valence-electron chi connectivity index (χ3n) is 5.29. The van der Waals surface area contributed by atoms with Crippen LogP contribution in [0.2, 0.25) is 5.02 Å². The van der Waals surface area contributed by atoms with Crippen LogP contribution in [0.1, 0.15) is 31.2 Å². The molecule has 10 heteroatoms.